The molecule has 0 fully saturated rings. The Kier molecular flexibility index (Phi) is 6.97. The summed E-state index contributed by atoms with van der Waals surface area (Å²) >= 11 is 0. The summed E-state index contributed by atoms with van der Waals surface area (Å²) in [6, 6.07) is 15.6. The molecule has 0 radical (unpaired) electrons. The van der Waals surface area contributed by atoms with Gasteiger partial charge in [0.05, 0.1) is 11.4 Å². The Morgan fingerprint density at radius 2 is 1.58 bits per heavy atom. The van der Waals surface area contributed by atoms with Crippen LogP contribution in [0.15, 0.2) is 60.8 Å². The molecular formula is C25H33N3O4S. The van der Waals surface area contributed by atoms with Gasteiger partial charge in [-0.05, 0) is 56.8 Å². The number of rotatable bonds is 8. The number of likely N-dealkylation sites (N-methyl/N-ethyl adjacent to an activating group) is 1. The third-order valence-electron chi connectivity index (χ3n) is 6.64. The third kappa shape index (κ3) is 4.60. The molecule has 2 aliphatic heterocycles. The molecule has 1 N–H and O–H groups in total. The summed E-state index contributed by atoms with van der Waals surface area (Å²) in [6.45, 7) is 7.92. The number of fused-ring (bicyclic) bond motifs is 2. The number of ether oxygens (including phenoxy) is 1. The van der Waals surface area contributed by atoms with Gasteiger partial charge >= 0.3 is 0 Å². The quantitative estimate of drug-likeness (QED) is 0.552. The molecule has 0 saturated carbocycles. The molecule has 178 valence electrons. The Hall–Kier alpha value is -2.55. The molecule has 4 rings (SSSR count). The predicted molar refractivity (Wildman–Crippen MR) is 132 cm³/mol. The van der Waals surface area contributed by atoms with Gasteiger partial charge in [-0.15, -0.1) is 0 Å². The van der Waals surface area contributed by atoms with E-state index in [9.17, 15) is 13.0 Å². The van der Waals surface area contributed by atoms with Gasteiger partial charge < -0.3 is 14.5 Å². The van der Waals surface area contributed by atoms with Crippen molar-refractivity contribution in [2.24, 2.45) is 0 Å². The van der Waals surface area contributed by atoms with E-state index in [0.717, 1.165) is 29.3 Å². The number of para-hydroxylation sites is 4. The summed E-state index contributed by atoms with van der Waals surface area (Å²) in [6.07, 6.45) is 4.82. The standard InChI is InChI=1S/C25H33N3O4S/c1-4-19-15-17-26(5-2)25(27(19)6-3)24(33(29,30)31)16-18-28-20-11-7-9-13-22(20)32-23-14-10-8-12-21(23)28/h7-15,17,19,24-25H,4-6,16,18H2,1-3H3,(H,29,30,31). The van der Waals surface area contributed by atoms with Gasteiger partial charge in [-0.1, -0.05) is 44.2 Å². The first kappa shape index (κ1) is 23.6. The highest BCUT2D eigenvalue weighted by Gasteiger charge is 2.42. The first-order chi connectivity index (χ1) is 15.9. The lowest BCUT2D eigenvalue weighted by molar-refractivity contribution is 0.0378. The lowest BCUT2D eigenvalue weighted by Gasteiger charge is -2.48. The second kappa shape index (κ2) is 9.75. The van der Waals surface area contributed by atoms with Gasteiger partial charge in [0.25, 0.3) is 10.1 Å². The maximum atomic E-state index is 12.7. The Morgan fingerprint density at radius 3 is 2.09 bits per heavy atom. The number of benzene rings is 2. The third-order valence-corrected chi connectivity index (χ3v) is 7.88. The van der Waals surface area contributed by atoms with E-state index in [2.05, 4.69) is 22.8 Å². The predicted octanol–water partition coefficient (Wildman–Crippen LogP) is 4.85. The lowest BCUT2D eigenvalue weighted by atomic mass is 10.0. The molecule has 2 aromatic carbocycles. The first-order valence-electron chi connectivity index (χ1n) is 11.7. The molecule has 2 aromatic rings. The maximum Gasteiger partial charge on any atom is 0.271 e. The minimum atomic E-state index is -4.31. The highest BCUT2D eigenvalue weighted by Crippen LogP contribution is 2.46. The van der Waals surface area contributed by atoms with Crippen LogP contribution in [0.5, 0.6) is 11.5 Å². The summed E-state index contributed by atoms with van der Waals surface area (Å²) in [7, 11) is -4.31. The number of nitrogens with zero attached hydrogens (tertiary/aromatic N) is 3. The van der Waals surface area contributed by atoms with Gasteiger partial charge in [0, 0.05) is 19.1 Å². The van der Waals surface area contributed by atoms with Gasteiger partial charge in [0.15, 0.2) is 11.5 Å². The Morgan fingerprint density at radius 1 is 0.970 bits per heavy atom. The summed E-state index contributed by atoms with van der Waals surface area (Å²) in [4.78, 5) is 6.30. The highest BCUT2D eigenvalue weighted by molar-refractivity contribution is 7.86. The zero-order valence-corrected chi connectivity index (χ0v) is 20.3. The monoisotopic (exact) mass is 471 g/mol. The van der Waals surface area contributed by atoms with E-state index in [1.807, 2.05) is 73.5 Å². The Labute approximate surface area is 197 Å². The number of hydrogen-bond donors (Lipinski definition) is 1. The van der Waals surface area contributed by atoms with E-state index in [0.29, 0.717) is 19.6 Å². The largest absolute Gasteiger partial charge is 0.453 e. The van der Waals surface area contributed by atoms with Gasteiger partial charge in [-0.25, -0.2) is 0 Å². The van der Waals surface area contributed by atoms with Crippen molar-refractivity contribution in [2.45, 2.75) is 51.1 Å². The average molecular weight is 472 g/mol. The van der Waals surface area contributed by atoms with Crippen LogP contribution in [-0.2, 0) is 10.1 Å². The molecule has 0 aliphatic carbocycles. The second-order valence-corrected chi connectivity index (χ2v) is 10.1. The molecule has 33 heavy (non-hydrogen) atoms. The van der Waals surface area contributed by atoms with Crippen LogP contribution in [0.4, 0.5) is 11.4 Å². The van der Waals surface area contributed by atoms with Crippen LogP contribution in [-0.4, -0.2) is 59.9 Å². The van der Waals surface area contributed by atoms with Gasteiger partial charge in [-0.3, -0.25) is 9.45 Å². The Bertz CT molecular complexity index is 1060. The van der Waals surface area contributed by atoms with E-state index in [1.165, 1.54) is 0 Å². The number of hydrogen-bond acceptors (Lipinski definition) is 6. The molecule has 0 amide bonds. The van der Waals surface area contributed by atoms with Crippen molar-refractivity contribution < 1.29 is 17.7 Å². The molecule has 0 bridgehead atoms. The van der Waals surface area contributed by atoms with Crippen molar-refractivity contribution in [1.29, 1.82) is 0 Å². The van der Waals surface area contributed by atoms with E-state index in [-0.39, 0.29) is 12.5 Å². The molecule has 3 unspecified atom stereocenters. The molecule has 7 nitrogen and oxygen atoms in total. The van der Waals surface area contributed by atoms with E-state index >= 15 is 0 Å². The van der Waals surface area contributed by atoms with Crippen LogP contribution in [0.2, 0.25) is 0 Å². The lowest BCUT2D eigenvalue weighted by Crippen LogP contribution is -2.60. The van der Waals surface area contributed by atoms with Crippen molar-refractivity contribution in [3.05, 3.63) is 60.8 Å². The van der Waals surface area contributed by atoms with Gasteiger partial charge in [-0.2, -0.15) is 8.42 Å². The van der Waals surface area contributed by atoms with Crippen LogP contribution in [0.25, 0.3) is 0 Å². The van der Waals surface area contributed by atoms with Crippen LogP contribution in [0.1, 0.15) is 33.6 Å². The van der Waals surface area contributed by atoms with Crippen LogP contribution in [0, 0.1) is 0 Å². The van der Waals surface area contributed by atoms with Crippen molar-refractivity contribution >= 4 is 21.5 Å². The highest BCUT2D eigenvalue weighted by atomic mass is 32.2. The van der Waals surface area contributed by atoms with Crippen molar-refractivity contribution in [2.75, 3.05) is 24.5 Å². The number of anilines is 2. The molecule has 2 heterocycles. The second-order valence-electron chi connectivity index (χ2n) is 8.42. The van der Waals surface area contributed by atoms with Crippen LogP contribution in [0.3, 0.4) is 0 Å². The molecule has 2 aliphatic rings. The zero-order valence-electron chi connectivity index (χ0n) is 19.5. The van der Waals surface area contributed by atoms with Crippen molar-refractivity contribution in [3.63, 3.8) is 0 Å². The maximum absolute atomic E-state index is 12.7. The van der Waals surface area contributed by atoms with E-state index < -0.39 is 21.5 Å². The fourth-order valence-corrected chi connectivity index (χ4v) is 6.06. The smallest absolute Gasteiger partial charge is 0.271 e. The molecule has 3 atom stereocenters. The van der Waals surface area contributed by atoms with Crippen molar-refractivity contribution in [3.8, 4) is 11.5 Å². The summed E-state index contributed by atoms with van der Waals surface area (Å²) in [5.74, 6) is 1.47. The molecule has 0 spiro atoms. The van der Waals surface area contributed by atoms with Crippen molar-refractivity contribution in [1.82, 2.24) is 9.80 Å². The van der Waals surface area contributed by atoms with E-state index in [1.54, 1.807) is 0 Å². The molecule has 0 saturated heterocycles. The molecular weight excluding hydrogens is 438 g/mol. The minimum Gasteiger partial charge on any atom is -0.453 e. The van der Waals surface area contributed by atoms with Gasteiger partial charge in [0.1, 0.15) is 11.4 Å². The topological polar surface area (TPSA) is 73.3 Å². The average Bonchev–Trinajstić information content (AvgIpc) is 2.82. The minimum absolute atomic E-state index is 0.136. The zero-order chi connectivity index (χ0) is 23.6. The normalized spacial score (nSPS) is 21.3. The van der Waals surface area contributed by atoms with E-state index in [4.69, 9.17) is 4.74 Å². The van der Waals surface area contributed by atoms with Crippen LogP contribution >= 0.6 is 0 Å². The Balaban J connectivity index is 1.69. The molecule has 8 heteroatoms. The first-order valence-corrected chi connectivity index (χ1v) is 13.2. The SMILES string of the molecule is CCC1C=CN(CC)C(C(CCN2c3ccccc3Oc3ccccc32)S(=O)(=O)O)N1CC. The fourth-order valence-electron chi connectivity index (χ4n) is 5.04. The fraction of sp³-hybridized carbons (Fsp3) is 0.440. The van der Waals surface area contributed by atoms with Crippen LogP contribution < -0.4 is 9.64 Å². The summed E-state index contributed by atoms with van der Waals surface area (Å²) in [5.41, 5.74) is 1.78. The summed E-state index contributed by atoms with van der Waals surface area (Å²) < 4.78 is 41.9. The summed E-state index contributed by atoms with van der Waals surface area (Å²) in [5, 5.41) is -0.960. The molecule has 0 aromatic heterocycles. The van der Waals surface area contributed by atoms with Gasteiger partial charge in [0.2, 0.25) is 0 Å².